The van der Waals surface area contributed by atoms with Crippen molar-refractivity contribution < 1.29 is 14.4 Å². The predicted molar refractivity (Wildman–Crippen MR) is 116 cm³/mol. The van der Waals surface area contributed by atoms with Crippen molar-refractivity contribution in [2.75, 3.05) is 0 Å². The molecule has 2 aromatic carbocycles. The fourth-order valence-electron chi connectivity index (χ4n) is 3.24. The first-order valence-corrected chi connectivity index (χ1v) is 9.70. The van der Waals surface area contributed by atoms with E-state index in [4.69, 9.17) is 9.93 Å². The number of phenolic OH excluding ortho intramolecular Hbond substituents is 1. The largest absolute Gasteiger partial charge is 0.508 e. The van der Waals surface area contributed by atoms with Crippen LogP contribution in [0.4, 0.5) is 0 Å². The Hall–Kier alpha value is -4.26. The lowest BCUT2D eigenvalue weighted by atomic mass is 9.97. The molecule has 2 aromatic heterocycles. The Labute approximate surface area is 178 Å². The molecule has 7 nitrogen and oxygen atoms in total. The molecule has 4 rings (SSSR count). The van der Waals surface area contributed by atoms with Gasteiger partial charge in [-0.2, -0.15) is 0 Å². The summed E-state index contributed by atoms with van der Waals surface area (Å²) in [5, 5.41) is 25.6. The van der Waals surface area contributed by atoms with Crippen molar-refractivity contribution in [3.63, 3.8) is 0 Å². The summed E-state index contributed by atoms with van der Waals surface area (Å²) in [5.74, 6) is -0.400. The monoisotopic (exact) mass is 412 g/mol. The zero-order valence-corrected chi connectivity index (χ0v) is 16.5. The summed E-state index contributed by atoms with van der Waals surface area (Å²) in [7, 11) is 0. The number of phenols is 1. The van der Waals surface area contributed by atoms with E-state index < -0.39 is 11.9 Å². The number of aromatic hydroxyl groups is 1. The highest BCUT2D eigenvalue weighted by molar-refractivity contribution is 5.99. The van der Waals surface area contributed by atoms with Crippen LogP contribution in [-0.4, -0.2) is 26.9 Å². The van der Waals surface area contributed by atoms with Crippen molar-refractivity contribution in [2.24, 2.45) is 0 Å². The summed E-state index contributed by atoms with van der Waals surface area (Å²) in [6, 6.07) is 20.6. The molecule has 0 saturated carbocycles. The van der Waals surface area contributed by atoms with Gasteiger partial charge in [-0.3, -0.25) is 9.78 Å². The van der Waals surface area contributed by atoms with Crippen molar-refractivity contribution in [3.8, 4) is 17.0 Å². The maximum absolute atomic E-state index is 12.9. The summed E-state index contributed by atoms with van der Waals surface area (Å²) in [6.07, 6.45) is 3.39. The van der Waals surface area contributed by atoms with Gasteiger partial charge in [-0.1, -0.05) is 59.8 Å². The van der Waals surface area contributed by atoms with Crippen molar-refractivity contribution in [3.05, 3.63) is 102 Å². The molecule has 1 amide bonds. The molecule has 0 aliphatic heterocycles. The Morgan fingerprint density at radius 3 is 2.58 bits per heavy atom. The molecule has 0 saturated heterocycles. The Bertz CT molecular complexity index is 1190. The lowest BCUT2D eigenvalue weighted by molar-refractivity contribution is 0.0900. The first kappa shape index (κ1) is 20.0. The van der Waals surface area contributed by atoms with Crippen LogP contribution in [0.25, 0.3) is 11.3 Å². The van der Waals surface area contributed by atoms with Crippen molar-refractivity contribution in [1.29, 1.82) is 5.41 Å². The van der Waals surface area contributed by atoms with E-state index in [0.717, 1.165) is 5.56 Å². The predicted octanol–water partition coefficient (Wildman–Crippen LogP) is 4.37. The number of benzene rings is 2. The number of para-hydroxylation sites is 1. The second-order valence-corrected chi connectivity index (χ2v) is 6.95. The first-order chi connectivity index (χ1) is 15.1. The minimum atomic E-state index is -0.647. The van der Waals surface area contributed by atoms with E-state index >= 15 is 0 Å². The molecule has 0 spiro atoms. The summed E-state index contributed by atoms with van der Waals surface area (Å²) in [5.41, 5.74) is 2.81. The Balaban J connectivity index is 1.57. The minimum Gasteiger partial charge on any atom is -0.508 e. The molecule has 0 aliphatic carbocycles. The van der Waals surface area contributed by atoms with Crippen LogP contribution in [0.1, 0.15) is 34.1 Å². The smallest absolute Gasteiger partial charge is 0.290 e. The fourth-order valence-corrected chi connectivity index (χ4v) is 3.24. The number of amides is 1. The van der Waals surface area contributed by atoms with Crippen LogP contribution < -0.4 is 5.32 Å². The van der Waals surface area contributed by atoms with E-state index in [2.05, 4.69) is 15.5 Å². The number of pyridine rings is 1. The molecule has 0 fully saturated rings. The summed E-state index contributed by atoms with van der Waals surface area (Å²) in [6.45, 7) is 0. The normalized spacial score (nSPS) is 11.6. The van der Waals surface area contributed by atoms with Crippen LogP contribution in [0.3, 0.4) is 0 Å². The average Bonchev–Trinajstić information content (AvgIpc) is 3.31. The van der Waals surface area contributed by atoms with Gasteiger partial charge in [0, 0.05) is 47.3 Å². The Morgan fingerprint density at radius 2 is 1.84 bits per heavy atom. The highest BCUT2D eigenvalue weighted by Crippen LogP contribution is 2.28. The van der Waals surface area contributed by atoms with Gasteiger partial charge in [0.05, 0.1) is 6.04 Å². The zero-order chi connectivity index (χ0) is 21.6. The third-order valence-corrected chi connectivity index (χ3v) is 4.84. The molecule has 4 aromatic rings. The number of hydrogen-bond acceptors (Lipinski definition) is 6. The van der Waals surface area contributed by atoms with Crippen molar-refractivity contribution in [1.82, 2.24) is 15.5 Å². The quantitative estimate of drug-likeness (QED) is 0.390. The molecular formula is C24H20N4O3. The zero-order valence-electron chi connectivity index (χ0n) is 16.5. The second-order valence-electron chi connectivity index (χ2n) is 6.95. The van der Waals surface area contributed by atoms with Gasteiger partial charge in [-0.15, -0.1) is 0 Å². The van der Waals surface area contributed by atoms with E-state index in [-0.39, 0.29) is 23.6 Å². The second kappa shape index (κ2) is 9.04. The molecule has 2 heterocycles. The number of carbonyl (C=O) groups is 1. The van der Waals surface area contributed by atoms with Crippen LogP contribution in [0.15, 0.2) is 89.7 Å². The van der Waals surface area contributed by atoms with E-state index in [9.17, 15) is 9.90 Å². The van der Waals surface area contributed by atoms with Crippen molar-refractivity contribution >= 4 is 11.6 Å². The molecule has 3 N–H and O–H groups in total. The number of carbonyl (C=O) groups excluding carboxylic acids is 1. The molecule has 0 radical (unpaired) electrons. The first-order valence-electron chi connectivity index (χ1n) is 9.70. The topological polar surface area (TPSA) is 112 Å². The van der Waals surface area contributed by atoms with Crippen LogP contribution in [0.2, 0.25) is 0 Å². The van der Waals surface area contributed by atoms with Gasteiger partial charge in [-0.25, -0.2) is 0 Å². The number of nitrogens with zero attached hydrogens (tertiary/aromatic N) is 2. The molecular weight excluding hydrogens is 392 g/mol. The standard InChI is InChI=1S/C24H20N4O3/c25-19(17-9-6-12-26-15-17)13-21(18-10-4-5-11-22(18)29)27-24(30)23-14-20(28-31-23)16-7-2-1-3-8-16/h1-12,14-15,21,25,29H,13H2,(H,27,30). The van der Waals surface area contributed by atoms with Gasteiger partial charge in [0.2, 0.25) is 5.76 Å². The van der Waals surface area contributed by atoms with E-state index in [1.54, 1.807) is 54.9 Å². The third kappa shape index (κ3) is 4.67. The van der Waals surface area contributed by atoms with E-state index in [1.165, 1.54) is 0 Å². The number of nitrogens with one attached hydrogen (secondary N) is 2. The van der Waals surface area contributed by atoms with Crippen LogP contribution in [0.5, 0.6) is 5.75 Å². The maximum Gasteiger partial charge on any atom is 0.290 e. The summed E-state index contributed by atoms with van der Waals surface area (Å²) in [4.78, 5) is 16.9. The van der Waals surface area contributed by atoms with E-state index in [0.29, 0.717) is 16.8 Å². The van der Waals surface area contributed by atoms with Gasteiger partial charge in [0.15, 0.2) is 0 Å². The fraction of sp³-hybridized carbons (Fsp3) is 0.0833. The summed E-state index contributed by atoms with van der Waals surface area (Å²) >= 11 is 0. The lowest BCUT2D eigenvalue weighted by Crippen LogP contribution is -2.30. The Kier molecular flexibility index (Phi) is 5.84. The van der Waals surface area contributed by atoms with Gasteiger partial charge >= 0.3 is 0 Å². The molecule has 31 heavy (non-hydrogen) atoms. The summed E-state index contributed by atoms with van der Waals surface area (Å²) < 4.78 is 5.25. The third-order valence-electron chi connectivity index (χ3n) is 4.84. The minimum absolute atomic E-state index is 0.0364. The van der Waals surface area contributed by atoms with Gasteiger partial charge < -0.3 is 20.4 Å². The molecule has 1 atom stereocenters. The molecule has 1 unspecified atom stereocenters. The number of hydrogen-bond donors (Lipinski definition) is 3. The van der Waals surface area contributed by atoms with Crippen molar-refractivity contribution in [2.45, 2.75) is 12.5 Å². The van der Waals surface area contributed by atoms with Crippen LogP contribution in [0, 0.1) is 5.41 Å². The molecule has 7 heteroatoms. The maximum atomic E-state index is 12.9. The average molecular weight is 412 g/mol. The SMILES string of the molecule is N=C(CC(NC(=O)c1cc(-c2ccccc2)no1)c1ccccc1O)c1cccnc1. The Morgan fingerprint density at radius 1 is 1.06 bits per heavy atom. The molecule has 154 valence electrons. The van der Waals surface area contributed by atoms with E-state index in [1.807, 2.05) is 30.3 Å². The lowest BCUT2D eigenvalue weighted by Gasteiger charge is -2.20. The van der Waals surface area contributed by atoms with Crippen LogP contribution >= 0.6 is 0 Å². The van der Waals surface area contributed by atoms with Gasteiger partial charge in [0.25, 0.3) is 5.91 Å². The molecule has 0 aliphatic rings. The van der Waals surface area contributed by atoms with Gasteiger partial charge in [-0.05, 0) is 12.1 Å². The number of rotatable bonds is 7. The highest BCUT2D eigenvalue weighted by Gasteiger charge is 2.23. The highest BCUT2D eigenvalue weighted by atomic mass is 16.5. The van der Waals surface area contributed by atoms with Crippen LogP contribution in [-0.2, 0) is 0 Å². The molecule has 0 bridgehead atoms. The number of aromatic nitrogens is 2. The van der Waals surface area contributed by atoms with Gasteiger partial charge in [0.1, 0.15) is 11.4 Å².